The summed E-state index contributed by atoms with van der Waals surface area (Å²) in [6.07, 6.45) is -1.68. The first kappa shape index (κ1) is 17.3. The van der Waals surface area contributed by atoms with Gasteiger partial charge in [-0.2, -0.15) is 13.2 Å². The van der Waals surface area contributed by atoms with Gasteiger partial charge >= 0.3 is 6.18 Å². The first-order chi connectivity index (χ1) is 11.3. The molecule has 24 heavy (non-hydrogen) atoms. The van der Waals surface area contributed by atoms with Gasteiger partial charge < -0.3 is 4.90 Å². The molecule has 2 aromatic heterocycles. The summed E-state index contributed by atoms with van der Waals surface area (Å²) >= 11 is 6.95. The van der Waals surface area contributed by atoms with Gasteiger partial charge in [0.2, 0.25) is 5.91 Å². The number of carbonyl (C=O) groups excluding carboxylic acids is 1. The summed E-state index contributed by atoms with van der Waals surface area (Å²) < 4.78 is 40.0. The summed E-state index contributed by atoms with van der Waals surface area (Å²) in [5.74, 6) is -0.0488. The number of halogens is 4. The van der Waals surface area contributed by atoms with Gasteiger partial charge in [0, 0.05) is 19.3 Å². The monoisotopic (exact) mass is 378 g/mol. The van der Waals surface area contributed by atoms with Crippen LogP contribution in [-0.2, 0) is 11.0 Å². The lowest BCUT2D eigenvalue weighted by Gasteiger charge is -2.19. The fourth-order valence-electron chi connectivity index (χ4n) is 2.57. The van der Waals surface area contributed by atoms with E-state index in [-0.39, 0.29) is 21.7 Å². The van der Waals surface area contributed by atoms with Gasteiger partial charge in [0.05, 0.1) is 15.8 Å². The van der Waals surface area contributed by atoms with Crippen molar-refractivity contribution in [3.05, 3.63) is 22.8 Å². The van der Waals surface area contributed by atoms with Crippen LogP contribution >= 0.6 is 23.4 Å². The van der Waals surface area contributed by atoms with Gasteiger partial charge in [-0.25, -0.2) is 0 Å². The smallest absolute Gasteiger partial charge is 0.342 e. The topological polar surface area (TPSA) is 50.5 Å². The third kappa shape index (κ3) is 3.32. The Morgan fingerprint density at radius 2 is 2.00 bits per heavy atom. The van der Waals surface area contributed by atoms with E-state index in [1.165, 1.54) is 4.40 Å². The van der Waals surface area contributed by atoms with Crippen molar-refractivity contribution in [2.24, 2.45) is 0 Å². The van der Waals surface area contributed by atoms with Crippen LogP contribution in [-0.4, -0.2) is 43.7 Å². The number of nitrogens with zero attached hydrogens (tertiary/aromatic N) is 4. The zero-order valence-corrected chi connectivity index (χ0v) is 14.3. The molecule has 3 heterocycles. The highest BCUT2D eigenvalue weighted by atomic mass is 35.5. The van der Waals surface area contributed by atoms with Crippen LogP contribution < -0.4 is 0 Å². The van der Waals surface area contributed by atoms with Crippen LogP contribution in [0.4, 0.5) is 13.2 Å². The molecule has 1 aliphatic rings. The van der Waals surface area contributed by atoms with E-state index in [1.54, 1.807) is 11.8 Å². The SMILES string of the molecule is C[C@@H](Sc1nnc2c(Cl)cc(C(F)(F)F)cn12)C(=O)N1CCCC1. The van der Waals surface area contributed by atoms with Crippen molar-refractivity contribution in [1.29, 1.82) is 0 Å². The lowest BCUT2D eigenvalue weighted by Crippen LogP contribution is -2.34. The second-order valence-corrected chi connectivity index (χ2v) is 7.26. The summed E-state index contributed by atoms with van der Waals surface area (Å²) in [5.41, 5.74) is -0.756. The number of thioether (sulfide) groups is 1. The third-order valence-electron chi connectivity index (χ3n) is 3.80. The summed E-state index contributed by atoms with van der Waals surface area (Å²) in [4.78, 5) is 14.1. The molecule has 0 saturated carbocycles. The normalized spacial score (nSPS) is 16.8. The molecule has 1 saturated heterocycles. The van der Waals surface area contributed by atoms with E-state index in [2.05, 4.69) is 10.2 Å². The van der Waals surface area contributed by atoms with E-state index >= 15 is 0 Å². The molecule has 0 bridgehead atoms. The largest absolute Gasteiger partial charge is 0.417 e. The summed E-state index contributed by atoms with van der Waals surface area (Å²) in [5, 5.41) is 7.30. The van der Waals surface area contributed by atoms with Crippen LogP contribution in [0.5, 0.6) is 0 Å². The highest BCUT2D eigenvalue weighted by Crippen LogP contribution is 2.34. The molecule has 0 radical (unpaired) electrons. The maximum atomic E-state index is 12.9. The molecule has 1 atom stereocenters. The number of hydrogen-bond acceptors (Lipinski definition) is 4. The minimum Gasteiger partial charge on any atom is -0.342 e. The number of likely N-dealkylation sites (tertiary alicyclic amines) is 1. The molecular formula is C14H14ClF3N4OS. The average molecular weight is 379 g/mol. The molecule has 2 aromatic rings. The highest BCUT2D eigenvalue weighted by Gasteiger charge is 2.33. The standard InChI is InChI=1S/C14H14ClF3N4OS/c1-8(12(23)21-4-2-3-5-21)24-13-20-19-11-10(15)6-9(7-22(11)13)14(16,17)18/h6-8H,2-5H2,1H3/t8-/m1/s1. The maximum Gasteiger partial charge on any atom is 0.417 e. The third-order valence-corrected chi connectivity index (χ3v) is 5.13. The number of carbonyl (C=O) groups is 1. The van der Waals surface area contributed by atoms with Crippen LogP contribution in [0, 0.1) is 0 Å². The van der Waals surface area contributed by atoms with Crippen molar-refractivity contribution >= 4 is 34.9 Å². The van der Waals surface area contributed by atoms with Crippen LogP contribution in [0.15, 0.2) is 17.4 Å². The number of hydrogen-bond donors (Lipinski definition) is 0. The molecule has 1 aliphatic heterocycles. The predicted molar refractivity (Wildman–Crippen MR) is 84.1 cm³/mol. The second-order valence-electron chi connectivity index (χ2n) is 5.54. The number of fused-ring (bicyclic) bond motifs is 1. The first-order valence-corrected chi connectivity index (χ1v) is 8.60. The Bertz CT molecular complexity index is 773. The molecule has 1 fully saturated rings. The van der Waals surface area contributed by atoms with E-state index in [0.717, 1.165) is 36.9 Å². The molecule has 0 aliphatic carbocycles. The van der Waals surface area contributed by atoms with Crippen LogP contribution in [0.25, 0.3) is 5.65 Å². The minimum absolute atomic E-state index is 0.0488. The van der Waals surface area contributed by atoms with Gasteiger partial charge in [-0.3, -0.25) is 9.20 Å². The summed E-state index contributed by atoms with van der Waals surface area (Å²) in [6.45, 7) is 3.14. The quantitative estimate of drug-likeness (QED) is 0.767. The number of amides is 1. The van der Waals surface area contributed by atoms with Crippen molar-refractivity contribution in [3.63, 3.8) is 0 Å². The zero-order chi connectivity index (χ0) is 17.5. The number of rotatable bonds is 3. The zero-order valence-electron chi connectivity index (χ0n) is 12.7. The maximum absolute atomic E-state index is 12.9. The molecule has 130 valence electrons. The van der Waals surface area contributed by atoms with Crippen molar-refractivity contribution in [1.82, 2.24) is 19.5 Å². The van der Waals surface area contributed by atoms with Crippen molar-refractivity contribution < 1.29 is 18.0 Å². The van der Waals surface area contributed by atoms with Crippen molar-refractivity contribution in [3.8, 4) is 0 Å². The molecule has 0 spiro atoms. The van der Waals surface area contributed by atoms with Gasteiger partial charge in [-0.15, -0.1) is 10.2 Å². The number of alkyl halides is 3. The Labute approximate surface area is 145 Å². The molecule has 10 heteroatoms. The fourth-order valence-corrected chi connectivity index (χ4v) is 3.73. The molecule has 0 aromatic carbocycles. The van der Waals surface area contributed by atoms with Gasteiger partial charge in [-0.1, -0.05) is 23.4 Å². The molecule has 1 amide bonds. The van der Waals surface area contributed by atoms with Crippen LogP contribution in [0.3, 0.4) is 0 Å². The molecular weight excluding hydrogens is 365 g/mol. The molecule has 0 N–H and O–H groups in total. The van der Waals surface area contributed by atoms with E-state index < -0.39 is 17.0 Å². The molecule has 0 unspecified atom stereocenters. The van der Waals surface area contributed by atoms with E-state index in [0.29, 0.717) is 13.1 Å². The lowest BCUT2D eigenvalue weighted by molar-refractivity contribution is -0.138. The van der Waals surface area contributed by atoms with Crippen molar-refractivity contribution in [2.75, 3.05) is 13.1 Å². The number of aromatic nitrogens is 3. The van der Waals surface area contributed by atoms with E-state index in [1.807, 2.05) is 0 Å². The number of pyridine rings is 1. The molecule has 3 rings (SSSR count). The average Bonchev–Trinajstić information content (AvgIpc) is 3.16. The first-order valence-electron chi connectivity index (χ1n) is 7.34. The van der Waals surface area contributed by atoms with Crippen LogP contribution in [0.2, 0.25) is 5.02 Å². The second kappa shape index (κ2) is 6.44. The van der Waals surface area contributed by atoms with Crippen molar-refractivity contribution in [2.45, 2.75) is 36.3 Å². The Balaban J connectivity index is 1.89. The van der Waals surface area contributed by atoms with E-state index in [9.17, 15) is 18.0 Å². The highest BCUT2D eigenvalue weighted by molar-refractivity contribution is 8.00. The van der Waals surface area contributed by atoms with Gasteiger partial charge in [0.1, 0.15) is 0 Å². The lowest BCUT2D eigenvalue weighted by atomic mass is 10.3. The Hall–Kier alpha value is -1.48. The van der Waals surface area contributed by atoms with Gasteiger partial charge in [0.15, 0.2) is 10.8 Å². The summed E-state index contributed by atoms with van der Waals surface area (Å²) in [6, 6.07) is 0.818. The fraction of sp³-hybridized carbons (Fsp3) is 0.500. The minimum atomic E-state index is -4.53. The Morgan fingerprint density at radius 3 is 2.62 bits per heavy atom. The van der Waals surface area contributed by atoms with Gasteiger partial charge in [0.25, 0.3) is 0 Å². The van der Waals surface area contributed by atoms with E-state index in [4.69, 9.17) is 11.6 Å². The molecule has 5 nitrogen and oxygen atoms in total. The van der Waals surface area contributed by atoms with Gasteiger partial charge in [-0.05, 0) is 25.8 Å². The predicted octanol–water partition coefficient (Wildman–Crippen LogP) is 3.50. The van der Waals surface area contributed by atoms with Crippen LogP contribution in [0.1, 0.15) is 25.3 Å². The Kier molecular flexibility index (Phi) is 4.65. The Morgan fingerprint density at radius 1 is 1.33 bits per heavy atom. The summed E-state index contributed by atoms with van der Waals surface area (Å²) in [7, 11) is 0.